The summed E-state index contributed by atoms with van der Waals surface area (Å²) in [5.74, 6) is 0.726. The third-order valence-electron chi connectivity index (χ3n) is 3.78. The number of nitrogens with two attached hydrogens (primary N) is 1. The van der Waals surface area contributed by atoms with Crippen molar-refractivity contribution < 1.29 is 4.18 Å². The van der Waals surface area contributed by atoms with Crippen molar-refractivity contribution in [3.63, 3.8) is 0 Å². The van der Waals surface area contributed by atoms with Gasteiger partial charge in [0.25, 0.3) is 0 Å². The Kier molecular flexibility index (Phi) is 7.40. The van der Waals surface area contributed by atoms with E-state index in [0.29, 0.717) is 0 Å². The third-order valence-corrected chi connectivity index (χ3v) is 3.98. The molecule has 0 bridgehead atoms. The molecule has 1 aromatic rings. The average molecular weight is 330 g/mol. The van der Waals surface area contributed by atoms with E-state index in [4.69, 9.17) is 9.92 Å². The molecule has 0 spiro atoms. The molecule has 0 aliphatic carbocycles. The number of benzene rings is 1. The fourth-order valence-electron chi connectivity index (χ4n) is 2.44. The molecule has 0 aliphatic rings. The van der Waals surface area contributed by atoms with Crippen LogP contribution in [0.5, 0.6) is 0 Å². The second-order valence-electron chi connectivity index (χ2n) is 5.82. The molecule has 0 fully saturated rings. The predicted molar refractivity (Wildman–Crippen MR) is 105 cm³/mol. The molecular weight excluding hydrogens is 302 g/mol. The lowest BCUT2D eigenvalue weighted by Gasteiger charge is -2.16. The molecule has 2 nitrogen and oxygen atoms in total. The number of hydrogen-bond acceptors (Lipinski definition) is 3. The van der Waals surface area contributed by atoms with Gasteiger partial charge in [-0.25, -0.2) is 0 Å². The van der Waals surface area contributed by atoms with E-state index < -0.39 is 0 Å². The van der Waals surface area contributed by atoms with Crippen LogP contribution >= 0.6 is 12.9 Å². The van der Waals surface area contributed by atoms with E-state index in [2.05, 4.69) is 50.7 Å². The highest BCUT2D eigenvalue weighted by atomic mass is 32.1. The van der Waals surface area contributed by atoms with E-state index in [1.807, 2.05) is 39.8 Å². The van der Waals surface area contributed by atoms with Crippen molar-refractivity contribution in [2.75, 3.05) is 0 Å². The van der Waals surface area contributed by atoms with Gasteiger partial charge >= 0.3 is 0 Å². The van der Waals surface area contributed by atoms with Gasteiger partial charge in [-0.3, -0.25) is 0 Å². The van der Waals surface area contributed by atoms with Crippen molar-refractivity contribution in [2.24, 2.45) is 5.73 Å². The van der Waals surface area contributed by atoms with Crippen LogP contribution in [-0.4, -0.2) is 6.04 Å². The predicted octanol–water partition coefficient (Wildman–Crippen LogP) is 5.47. The van der Waals surface area contributed by atoms with E-state index in [1.54, 1.807) is 0 Å². The Morgan fingerprint density at radius 3 is 2.43 bits per heavy atom. The first-order valence-corrected chi connectivity index (χ1v) is 8.08. The second kappa shape index (κ2) is 8.80. The molecular formula is C20H27NOS. The number of allylic oxidation sites excluding steroid dienone is 5. The second-order valence-corrected chi connectivity index (χ2v) is 6.00. The Morgan fingerprint density at radius 2 is 2.00 bits per heavy atom. The minimum atomic E-state index is -0.0146. The Labute approximate surface area is 146 Å². The van der Waals surface area contributed by atoms with Crippen molar-refractivity contribution in [3.05, 3.63) is 71.0 Å². The molecule has 0 radical (unpaired) electrons. The number of aryl methyl sites for hydroxylation is 1. The summed E-state index contributed by atoms with van der Waals surface area (Å²) in [5, 5.41) is 0. The summed E-state index contributed by atoms with van der Waals surface area (Å²) in [7, 11) is 0. The summed E-state index contributed by atoms with van der Waals surface area (Å²) in [6.45, 7) is 14.0. The molecule has 1 rings (SSSR count). The highest BCUT2D eigenvalue weighted by molar-refractivity contribution is 7.75. The summed E-state index contributed by atoms with van der Waals surface area (Å²) >= 11 is 3.93. The van der Waals surface area contributed by atoms with Crippen molar-refractivity contribution in [1.82, 2.24) is 0 Å². The maximum atomic E-state index is 6.11. The SMILES string of the molecule is C=C/C(=C\C(OS)=C(C)C)c1ccc(C)c(/C(=C\C)C(C)N)c1. The maximum Gasteiger partial charge on any atom is 0.136 e. The summed E-state index contributed by atoms with van der Waals surface area (Å²) < 4.78 is 5.14. The third kappa shape index (κ3) is 4.88. The van der Waals surface area contributed by atoms with E-state index in [9.17, 15) is 0 Å². The molecule has 1 unspecified atom stereocenters. The monoisotopic (exact) mass is 329 g/mol. The lowest BCUT2D eigenvalue weighted by molar-refractivity contribution is 0.524. The molecule has 1 atom stereocenters. The molecule has 0 aliphatic heterocycles. The molecule has 0 saturated carbocycles. The van der Waals surface area contributed by atoms with Gasteiger partial charge in [-0.2, -0.15) is 0 Å². The molecule has 124 valence electrons. The summed E-state index contributed by atoms with van der Waals surface area (Å²) in [6, 6.07) is 6.33. The summed E-state index contributed by atoms with van der Waals surface area (Å²) in [4.78, 5) is 0. The molecule has 0 saturated heterocycles. The molecule has 0 amide bonds. The number of thiol groups is 1. The maximum absolute atomic E-state index is 6.11. The quantitative estimate of drug-likeness (QED) is 0.314. The minimum Gasteiger partial charge on any atom is -0.429 e. The minimum absolute atomic E-state index is 0.0146. The van der Waals surface area contributed by atoms with Crippen molar-refractivity contribution in [1.29, 1.82) is 0 Å². The first kappa shape index (κ1) is 19.3. The van der Waals surface area contributed by atoms with E-state index in [1.165, 1.54) is 11.1 Å². The molecule has 2 N–H and O–H groups in total. The van der Waals surface area contributed by atoms with Crippen molar-refractivity contribution in [2.45, 2.75) is 40.7 Å². The summed E-state index contributed by atoms with van der Waals surface area (Å²) in [5.41, 5.74) is 12.7. The van der Waals surface area contributed by atoms with Gasteiger partial charge < -0.3 is 9.92 Å². The van der Waals surface area contributed by atoms with E-state index in [0.717, 1.165) is 28.0 Å². The lowest BCUT2D eigenvalue weighted by atomic mass is 9.91. The number of rotatable bonds is 6. The van der Waals surface area contributed by atoms with E-state index in [-0.39, 0.29) is 6.04 Å². The first-order valence-electron chi connectivity index (χ1n) is 7.71. The molecule has 0 heterocycles. The fourth-order valence-corrected chi connectivity index (χ4v) is 2.67. The Bertz CT molecular complexity index is 662. The zero-order chi connectivity index (χ0) is 17.6. The van der Waals surface area contributed by atoms with Crippen LogP contribution in [0.4, 0.5) is 0 Å². The van der Waals surface area contributed by atoms with E-state index >= 15 is 0 Å². The van der Waals surface area contributed by atoms with Crippen LogP contribution in [0.25, 0.3) is 11.1 Å². The van der Waals surface area contributed by atoms with Crippen LogP contribution in [0.2, 0.25) is 0 Å². The lowest BCUT2D eigenvalue weighted by Crippen LogP contribution is -2.17. The molecule has 0 aromatic heterocycles. The van der Waals surface area contributed by atoms with Gasteiger partial charge in [0.15, 0.2) is 0 Å². The van der Waals surface area contributed by atoms with Crippen LogP contribution < -0.4 is 5.73 Å². The normalized spacial score (nSPS) is 13.5. The zero-order valence-corrected chi connectivity index (χ0v) is 15.6. The van der Waals surface area contributed by atoms with Crippen LogP contribution in [-0.2, 0) is 4.18 Å². The van der Waals surface area contributed by atoms with Crippen molar-refractivity contribution >= 4 is 24.1 Å². The molecule has 3 heteroatoms. The highest BCUT2D eigenvalue weighted by Crippen LogP contribution is 2.27. The smallest absolute Gasteiger partial charge is 0.136 e. The standard InChI is InChI=1S/C20H27NOS/c1-7-16(12-20(22-23)13(3)4)17-10-9-14(5)19(11-17)18(8-2)15(6)21/h7-12,15,23H,1,21H2,2-6H3/b16-12+,18-8-. The highest BCUT2D eigenvalue weighted by Gasteiger charge is 2.11. The van der Waals surface area contributed by atoms with Crippen LogP contribution in [0.3, 0.4) is 0 Å². The fraction of sp³-hybridized carbons (Fsp3) is 0.300. The Balaban J connectivity index is 3.47. The summed E-state index contributed by atoms with van der Waals surface area (Å²) in [6.07, 6.45) is 5.85. The van der Waals surface area contributed by atoms with Crippen LogP contribution in [0.1, 0.15) is 44.4 Å². The average Bonchev–Trinajstić information content (AvgIpc) is 2.50. The largest absolute Gasteiger partial charge is 0.429 e. The zero-order valence-electron chi connectivity index (χ0n) is 14.7. The van der Waals surface area contributed by atoms with Gasteiger partial charge in [0.05, 0.1) is 0 Å². The number of hydrogen-bond donors (Lipinski definition) is 2. The van der Waals surface area contributed by atoms with Gasteiger partial charge in [0.1, 0.15) is 5.76 Å². The van der Waals surface area contributed by atoms with Gasteiger partial charge in [0.2, 0.25) is 0 Å². The van der Waals surface area contributed by atoms with Gasteiger partial charge in [-0.05, 0) is 80.2 Å². The van der Waals surface area contributed by atoms with Gasteiger partial charge in [-0.15, -0.1) is 0 Å². The topological polar surface area (TPSA) is 35.2 Å². The molecule has 23 heavy (non-hydrogen) atoms. The van der Waals surface area contributed by atoms with Crippen molar-refractivity contribution in [3.8, 4) is 0 Å². The van der Waals surface area contributed by atoms with Crippen LogP contribution in [0.15, 0.2) is 54.3 Å². The van der Waals surface area contributed by atoms with Crippen LogP contribution in [0, 0.1) is 6.92 Å². The van der Waals surface area contributed by atoms with Gasteiger partial charge in [0, 0.05) is 19.0 Å². The Morgan fingerprint density at radius 1 is 1.35 bits per heavy atom. The Hall–Kier alpha value is -1.71. The molecule has 1 aromatic carbocycles. The van der Waals surface area contributed by atoms with Gasteiger partial charge in [-0.1, -0.05) is 30.9 Å². The first-order chi connectivity index (χ1) is 10.8.